The number of benzene rings is 2. The summed E-state index contributed by atoms with van der Waals surface area (Å²) in [5, 5.41) is 0. The molecule has 0 spiro atoms. The molecule has 8 heteroatoms. The van der Waals surface area contributed by atoms with Crippen LogP contribution in [-0.2, 0) is 6.54 Å². The van der Waals surface area contributed by atoms with Gasteiger partial charge in [0.15, 0.2) is 11.5 Å². The number of amides is 1. The summed E-state index contributed by atoms with van der Waals surface area (Å²) >= 11 is 0. The maximum atomic E-state index is 13.0. The fourth-order valence-electron chi connectivity index (χ4n) is 4.48. The van der Waals surface area contributed by atoms with Crippen LogP contribution in [0.25, 0.3) is 11.3 Å². The molecule has 1 amide bonds. The predicted molar refractivity (Wildman–Crippen MR) is 125 cm³/mol. The van der Waals surface area contributed by atoms with E-state index in [2.05, 4.69) is 41.1 Å². The second-order valence-corrected chi connectivity index (χ2v) is 8.62. The molecule has 33 heavy (non-hydrogen) atoms. The van der Waals surface area contributed by atoms with Crippen molar-refractivity contribution in [2.75, 3.05) is 26.9 Å². The smallest absolute Gasteiger partial charge is 0.329 e. The van der Waals surface area contributed by atoms with Gasteiger partial charge in [-0.05, 0) is 43.5 Å². The number of likely N-dealkylation sites (tertiary alicyclic amines) is 1. The molecule has 3 heterocycles. The van der Waals surface area contributed by atoms with Crippen molar-refractivity contribution in [3.8, 4) is 22.8 Å². The SMILES string of the molecule is Cc1cccc(-c2cn(C(=O)N(C)C3CCN(Cc4ccc5c(c4)OCO5)CC3)cn2)c1.O. The lowest BCUT2D eigenvalue weighted by Crippen LogP contribution is -2.46. The summed E-state index contributed by atoms with van der Waals surface area (Å²) in [6.07, 6.45) is 5.34. The van der Waals surface area contributed by atoms with Crippen LogP contribution in [0.3, 0.4) is 0 Å². The first-order valence-corrected chi connectivity index (χ1v) is 11.1. The molecule has 2 N–H and O–H groups in total. The van der Waals surface area contributed by atoms with Crippen molar-refractivity contribution in [2.24, 2.45) is 0 Å². The first-order chi connectivity index (χ1) is 15.6. The van der Waals surface area contributed by atoms with E-state index in [1.54, 1.807) is 10.9 Å². The fourth-order valence-corrected chi connectivity index (χ4v) is 4.48. The highest BCUT2D eigenvalue weighted by molar-refractivity contribution is 5.78. The maximum Gasteiger partial charge on any atom is 0.329 e. The average Bonchev–Trinajstić information content (AvgIpc) is 3.48. The van der Waals surface area contributed by atoms with Crippen LogP contribution in [0.15, 0.2) is 55.0 Å². The van der Waals surface area contributed by atoms with Crippen molar-refractivity contribution in [3.05, 3.63) is 66.1 Å². The Kier molecular flexibility index (Phi) is 6.67. The Morgan fingerprint density at radius 3 is 2.70 bits per heavy atom. The molecule has 0 saturated carbocycles. The van der Waals surface area contributed by atoms with E-state index in [0.717, 1.165) is 55.2 Å². The Balaban J connectivity index is 0.00000259. The van der Waals surface area contributed by atoms with Gasteiger partial charge in [0.1, 0.15) is 6.33 Å². The molecule has 1 aromatic heterocycles. The summed E-state index contributed by atoms with van der Waals surface area (Å²) in [5.74, 6) is 1.64. The quantitative estimate of drug-likeness (QED) is 0.608. The molecule has 0 radical (unpaired) electrons. The van der Waals surface area contributed by atoms with Crippen molar-refractivity contribution in [1.29, 1.82) is 0 Å². The van der Waals surface area contributed by atoms with Gasteiger partial charge < -0.3 is 19.8 Å². The number of carbonyl (C=O) groups excluding carboxylic acids is 1. The number of carbonyl (C=O) groups is 1. The lowest BCUT2D eigenvalue weighted by molar-refractivity contribution is 0.131. The standard InChI is InChI=1S/C25H28N4O3.H2O/c1-18-4-3-5-20(12-18)22-15-29(16-26-22)25(30)27(2)21-8-10-28(11-9-21)14-19-6-7-23-24(13-19)32-17-31-23;/h3-7,12-13,15-16,21H,8-11,14,17H2,1-2H3;1H2. The Labute approximate surface area is 193 Å². The number of piperidine rings is 1. The second kappa shape index (κ2) is 9.64. The zero-order chi connectivity index (χ0) is 22.1. The normalized spacial score (nSPS) is 15.8. The van der Waals surface area contributed by atoms with Crippen molar-refractivity contribution >= 4 is 6.03 Å². The van der Waals surface area contributed by atoms with Crippen LogP contribution >= 0.6 is 0 Å². The first-order valence-electron chi connectivity index (χ1n) is 11.1. The van der Waals surface area contributed by atoms with Crippen LogP contribution in [0.1, 0.15) is 24.0 Å². The monoisotopic (exact) mass is 450 g/mol. The highest BCUT2D eigenvalue weighted by Crippen LogP contribution is 2.33. The molecule has 1 saturated heterocycles. The van der Waals surface area contributed by atoms with Gasteiger partial charge in [-0.1, -0.05) is 29.8 Å². The Hall–Kier alpha value is -3.36. The number of aryl methyl sites for hydroxylation is 1. The molecule has 2 aliphatic rings. The number of aromatic nitrogens is 2. The lowest BCUT2D eigenvalue weighted by Gasteiger charge is -2.36. The highest BCUT2D eigenvalue weighted by Gasteiger charge is 2.26. The van der Waals surface area contributed by atoms with Crippen molar-refractivity contribution in [1.82, 2.24) is 19.4 Å². The van der Waals surface area contributed by atoms with Gasteiger partial charge in [-0.15, -0.1) is 0 Å². The largest absolute Gasteiger partial charge is 0.454 e. The lowest BCUT2D eigenvalue weighted by atomic mass is 10.0. The van der Waals surface area contributed by atoms with Gasteiger partial charge >= 0.3 is 6.03 Å². The highest BCUT2D eigenvalue weighted by atomic mass is 16.7. The first kappa shape index (κ1) is 22.8. The van der Waals surface area contributed by atoms with Crippen LogP contribution in [0.2, 0.25) is 0 Å². The van der Waals surface area contributed by atoms with E-state index in [0.29, 0.717) is 6.79 Å². The molecule has 0 bridgehead atoms. The Morgan fingerprint density at radius 2 is 1.91 bits per heavy atom. The van der Waals surface area contributed by atoms with Gasteiger partial charge in [-0.25, -0.2) is 9.78 Å². The van der Waals surface area contributed by atoms with E-state index < -0.39 is 0 Å². The van der Waals surface area contributed by atoms with Crippen molar-refractivity contribution < 1.29 is 19.7 Å². The Morgan fingerprint density at radius 1 is 1.12 bits per heavy atom. The summed E-state index contributed by atoms with van der Waals surface area (Å²) in [5.41, 5.74) is 4.23. The van der Waals surface area contributed by atoms with Crippen LogP contribution in [0.4, 0.5) is 4.79 Å². The number of nitrogens with zero attached hydrogens (tertiary/aromatic N) is 4. The summed E-state index contributed by atoms with van der Waals surface area (Å²) in [6.45, 7) is 5.14. The van der Waals surface area contributed by atoms with Crippen molar-refractivity contribution in [3.63, 3.8) is 0 Å². The molecule has 1 fully saturated rings. The number of ether oxygens (including phenoxy) is 2. The number of hydrogen-bond donors (Lipinski definition) is 0. The van der Waals surface area contributed by atoms with Crippen molar-refractivity contribution in [2.45, 2.75) is 32.4 Å². The number of imidazole rings is 1. The molecule has 2 aliphatic heterocycles. The molecule has 174 valence electrons. The third-order valence-corrected chi connectivity index (χ3v) is 6.37. The number of hydrogen-bond acceptors (Lipinski definition) is 5. The van der Waals surface area contributed by atoms with E-state index in [1.165, 1.54) is 11.1 Å². The minimum atomic E-state index is -0.0365. The van der Waals surface area contributed by atoms with E-state index in [4.69, 9.17) is 9.47 Å². The number of rotatable bonds is 4. The molecule has 8 nitrogen and oxygen atoms in total. The third-order valence-electron chi connectivity index (χ3n) is 6.37. The van der Waals surface area contributed by atoms with Crippen LogP contribution in [0.5, 0.6) is 11.5 Å². The minimum Gasteiger partial charge on any atom is -0.454 e. The molecule has 0 aliphatic carbocycles. The molecule has 5 rings (SSSR count). The molecule has 3 aromatic rings. The Bertz CT molecular complexity index is 1120. The van der Waals surface area contributed by atoms with Crippen LogP contribution in [0, 0.1) is 6.92 Å². The maximum absolute atomic E-state index is 13.0. The molecular formula is C25H30N4O4. The van der Waals surface area contributed by atoms with Crippen LogP contribution < -0.4 is 9.47 Å². The molecule has 0 unspecified atom stereocenters. The number of fused-ring (bicyclic) bond motifs is 1. The van der Waals surface area contributed by atoms with E-state index in [-0.39, 0.29) is 17.5 Å². The minimum absolute atomic E-state index is 0. The predicted octanol–water partition coefficient (Wildman–Crippen LogP) is 3.33. The topological polar surface area (TPSA) is 91.3 Å². The van der Waals surface area contributed by atoms with Gasteiger partial charge in [0, 0.05) is 44.5 Å². The van der Waals surface area contributed by atoms with Gasteiger partial charge in [-0.2, -0.15) is 0 Å². The molecule has 2 aromatic carbocycles. The summed E-state index contributed by atoms with van der Waals surface area (Å²) in [4.78, 5) is 21.8. The molecule has 0 atom stereocenters. The summed E-state index contributed by atoms with van der Waals surface area (Å²) in [7, 11) is 1.90. The van der Waals surface area contributed by atoms with Crippen LogP contribution in [-0.4, -0.2) is 63.8 Å². The second-order valence-electron chi connectivity index (χ2n) is 8.62. The third kappa shape index (κ3) is 4.86. The summed E-state index contributed by atoms with van der Waals surface area (Å²) in [6, 6.07) is 14.5. The van der Waals surface area contributed by atoms with Gasteiger partial charge in [0.05, 0.1) is 5.69 Å². The zero-order valence-corrected chi connectivity index (χ0v) is 19.0. The van der Waals surface area contributed by atoms with E-state index in [1.807, 2.05) is 36.3 Å². The summed E-state index contributed by atoms with van der Waals surface area (Å²) < 4.78 is 12.5. The van der Waals surface area contributed by atoms with E-state index in [9.17, 15) is 4.79 Å². The van der Waals surface area contributed by atoms with Gasteiger partial charge in [-0.3, -0.25) is 9.47 Å². The zero-order valence-electron chi connectivity index (χ0n) is 19.0. The van der Waals surface area contributed by atoms with Gasteiger partial charge in [0.25, 0.3) is 0 Å². The fraction of sp³-hybridized carbons (Fsp3) is 0.360. The average molecular weight is 451 g/mol. The van der Waals surface area contributed by atoms with E-state index >= 15 is 0 Å². The van der Waals surface area contributed by atoms with Gasteiger partial charge in [0.2, 0.25) is 6.79 Å². The molecular weight excluding hydrogens is 420 g/mol.